The number of hydrogen-bond donors (Lipinski definition) is 1. The Morgan fingerprint density at radius 2 is 1.71 bits per heavy atom. The van der Waals surface area contributed by atoms with Crippen LogP contribution in [0.3, 0.4) is 0 Å². The van der Waals surface area contributed by atoms with Crippen molar-refractivity contribution >= 4 is 22.5 Å². The number of rotatable bonds is 4. The van der Waals surface area contributed by atoms with Crippen molar-refractivity contribution in [1.29, 1.82) is 0 Å². The first-order chi connectivity index (χ1) is 15.2. The second-order valence-corrected chi connectivity index (χ2v) is 8.06. The second-order valence-electron chi connectivity index (χ2n) is 8.06. The molecule has 0 bridgehead atoms. The largest absolute Gasteiger partial charge is 0.392 e. The predicted molar refractivity (Wildman–Crippen MR) is 119 cm³/mol. The summed E-state index contributed by atoms with van der Waals surface area (Å²) in [6.45, 7) is 0.0267. The Morgan fingerprint density at radius 3 is 2.52 bits per heavy atom. The molecule has 2 aliphatic heterocycles. The SMILES string of the molecule is O=C1c2ccccc2-c2c(CC3CC(c4ccc(CO)cc4)=NO3)c3ccccc3n21. The number of aromatic nitrogens is 1. The van der Waals surface area contributed by atoms with Gasteiger partial charge in [-0.15, -0.1) is 0 Å². The Labute approximate surface area is 179 Å². The van der Waals surface area contributed by atoms with Crippen LogP contribution in [0.1, 0.15) is 33.5 Å². The molecule has 2 aliphatic rings. The van der Waals surface area contributed by atoms with E-state index in [-0.39, 0.29) is 18.6 Å². The Kier molecular flexibility index (Phi) is 4.04. The summed E-state index contributed by atoms with van der Waals surface area (Å²) >= 11 is 0. The molecule has 0 saturated carbocycles. The highest BCUT2D eigenvalue weighted by Crippen LogP contribution is 2.42. The van der Waals surface area contributed by atoms with Gasteiger partial charge in [0.25, 0.3) is 5.91 Å². The van der Waals surface area contributed by atoms with E-state index in [0.717, 1.165) is 50.1 Å². The molecule has 0 spiro atoms. The van der Waals surface area contributed by atoms with E-state index in [1.807, 2.05) is 71.3 Å². The van der Waals surface area contributed by atoms with E-state index in [2.05, 4.69) is 11.2 Å². The van der Waals surface area contributed by atoms with Gasteiger partial charge >= 0.3 is 0 Å². The van der Waals surface area contributed by atoms with Gasteiger partial charge in [-0.05, 0) is 28.8 Å². The summed E-state index contributed by atoms with van der Waals surface area (Å²) in [6, 6.07) is 23.6. The van der Waals surface area contributed by atoms with E-state index in [1.54, 1.807) is 0 Å². The van der Waals surface area contributed by atoms with Gasteiger partial charge < -0.3 is 9.94 Å². The van der Waals surface area contributed by atoms with Gasteiger partial charge in [0, 0.05) is 29.4 Å². The minimum absolute atomic E-state index is 0.0267. The summed E-state index contributed by atoms with van der Waals surface area (Å²) in [5.41, 5.74) is 7.57. The average molecular weight is 408 g/mol. The number of nitrogens with zero attached hydrogens (tertiary/aromatic N) is 2. The fourth-order valence-corrected chi connectivity index (χ4v) is 4.74. The molecule has 152 valence electrons. The van der Waals surface area contributed by atoms with Crippen molar-refractivity contribution in [1.82, 2.24) is 4.57 Å². The number of oxime groups is 1. The number of fused-ring (bicyclic) bond motifs is 5. The first-order valence-electron chi connectivity index (χ1n) is 10.4. The van der Waals surface area contributed by atoms with Gasteiger partial charge in [0.1, 0.15) is 6.10 Å². The van der Waals surface area contributed by atoms with Gasteiger partial charge in [-0.25, -0.2) is 0 Å². The normalized spacial score (nSPS) is 16.9. The van der Waals surface area contributed by atoms with Gasteiger partial charge in [0.15, 0.2) is 0 Å². The highest BCUT2D eigenvalue weighted by molar-refractivity contribution is 6.16. The standard InChI is InChI=1S/C26H20N2O3/c29-15-16-9-11-17(12-10-16)23-14-18(31-27-23)13-22-19-5-3-4-8-24(19)28-25(22)20-6-1-2-7-21(20)26(28)30/h1-12,18,29H,13-15H2. The maximum absolute atomic E-state index is 13.1. The van der Waals surface area contributed by atoms with E-state index in [9.17, 15) is 9.90 Å². The van der Waals surface area contributed by atoms with Crippen LogP contribution in [0.4, 0.5) is 0 Å². The molecule has 3 aromatic carbocycles. The van der Waals surface area contributed by atoms with Crippen LogP contribution in [-0.2, 0) is 17.9 Å². The van der Waals surface area contributed by atoms with Gasteiger partial charge in [0.2, 0.25) is 0 Å². The Balaban J connectivity index is 1.36. The topological polar surface area (TPSA) is 63.8 Å². The van der Waals surface area contributed by atoms with Gasteiger partial charge in [-0.1, -0.05) is 65.8 Å². The summed E-state index contributed by atoms with van der Waals surface area (Å²) < 4.78 is 1.85. The molecule has 5 heteroatoms. The van der Waals surface area contributed by atoms with Gasteiger partial charge in [-0.2, -0.15) is 0 Å². The maximum atomic E-state index is 13.1. The molecular formula is C26H20N2O3. The minimum Gasteiger partial charge on any atom is -0.392 e. The number of benzene rings is 3. The molecule has 1 unspecified atom stereocenters. The lowest BCUT2D eigenvalue weighted by Gasteiger charge is -2.10. The molecule has 1 N–H and O–H groups in total. The summed E-state index contributed by atoms with van der Waals surface area (Å²) in [7, 11) is 0. The molecule has 0 radical (unpaired) electrons. The van der Waals surface area contributed by atoms with Crippen LogP contribution in [0.25, 0.3) is 22.2 Å². The highest BCUT2D eigenvalue weighted by atomic mass is 16.6. The van der Waals surface area contributed by atoms with Crippen LogP contribution < -0.4 is 0 Å². The van der Waals surface area contributed by atoms with E-state index in [0.29, 0.717) is 12.8 Å². The molecule has 1 atom stereocenters. The van der Waals surface area contributed by atoms with Crippen LogP contribution in [0.5, 0.6) is 0 Å². The lowest BCUT2D eigenvalue weighted by Crippen LogP contribution is -2.12. The zero-order valence-corrected chi connectivity index (χ0v) is 16.8. The number of aliphatic hydroxyl groups excluding tert-OH is 1. The van der Waals surface area contributed by atoms with Crippen molar-refractivity contribution in [3.8, 4) is 11.3 Å². The first kappa shape index (κ1) is 18.1. The quantitative estimate of drug-likeness (QED) is 0.475. The number of hydrogen-bond acceptors (Lipinski definition) is 4. The molecule has 0 saturated heterocycles. The van der Waals surface area contributed by atoms with Crippen molar-refractivity contribution in [2.45, 2.75) is 25.6 Å². The smallest absolute Gasteiger partial charge is 0.263 e. The van der Waals surface area contributed by atoms with Crippen LogP contribution in [0.2, 0.25) is 0 Å². The molecule has 0 aliphatic carbocycles. The fraction of sp³-hybridized carbons (Fsp3) is 0.154. The van der Waals surface area contributed by atoms with E-state index in [4.69, 9.17) is 4.84 Å². The van der Waals surface area contributed by atoms with Crippen molar-refractivity contribution in [2.24, 2.45) is 5.16 Å². The minimum atomic E-state index is -0.0918. The van der Waals surface area contributed by atoms with E-state index in [1.165, 1.54) is 0 Å². The van der Waals surface area contributed by atoms with E-state index < -0.39 is 0 Å². The van der Waals surface area contributed by atoms with Gasteiger partial charge in [0.05, 0.1) is 23.5 Å². The lowest BCUT2D eigenvalue weighted by atomic mass is 9.95. The van der Waals surface area contributed by atoms with Crippen LogP contribution in [0, 0.1) is 0 Å². The molecule has 0 fully saturated rings. The molecule has 6 rings (SSSR count). The monoisotopic (exact) mass is 408 g/mol. The third-order valence-electron chi connectivity index (χ3n) is 6.23. The summed E-state index contributed by atoms with van der Waals surface area (Å²) in [4.78, 5) is 19.0. The second kappa shape index (κ2) is 6.93. The Morgan fingerprint density at radius 1 is 0.968 bits per heavy atom. The molecule has 1 aromatic heterocycles. The number of aliphatic hydroxyl groups is 1. The van der Waals surface area contributed by atoms with Crippen LogP contribution >= 0.6 is 0 Å². The predicted octanol–water partition coefficient (Wildman–Crippen LogP) is 4.54. The molecule has 3 heterocycles. The molecule has 4 aromatic rings. The average Bonchev–Trinajstić information content (AvgIpc) is 3.49. The highest BCUT2D eigenvalue weighted by Gasteiger charge is 2.34. The van der Waals surface area contributed by atoms with Gasteiger partial charge in [-0.3, -0.25) is 9.36 Å². The van der Waals surface area contributed by atoms with Crippen molar-refractivity contribution in [2.75, 3.05) is 0 Å². The summed E-state index contributed by atoms with van der Waals surface area (Å²) in [5, 5.41) is 14.7. The van der Waals surface area contributed by atoms with E-state index >= 15 is 0 Å². The Hall–Kier alpha value is -3.70. The molecular weight excluding hydrogens is 388 g/mol. The fourth-order valence-electron chi connectivity index (χ4n) is 4.74. The van der Waals surface area contributed by atoms with Crippen molar-refractivity contribution < 1.29 is 14.7 Å². The number of para-hydroxylation sites is 1. The van der Waals surface area contributed by atoms with Crippen LogP contribution in [-0.4, -0.2) is 27.4 Å². The summed E-state index contributed by atoms with van der Waals surface area (Å²) in [6.07, 6.45) is 1.28. The summed E-state index contributed by atoms with van der Waals surface area (Å²) in [5.74, 6) is 0.0290. The van der Waals surface area contributed by atoms with Crippen molar-refractivity contribution in [3.63, 3.8) is 0 Å². The Bertz CT molecular complexity index is 1370. The zero-order valence-electron chi connectivity index (χ0n) is 16.8. The number of carbonyl (C=O) groups is 1. The molecule has 5 nitrogen and oxygen atoms in total. The third-order valence-corrected chi connectivity index (χ3v) is 6.23. The number of carbonyl (C=O) groups excluding carboxylic acids is 1. The lowest BCUT2D eigenvalue weighted by molar-refractivity contribution is 0.0861. The molecule has 0 amide bonds. The maximum Gasteiger partial charge on any atom is 0.263 e. The van der Waals surface area contributed by atoms with Crippen molar-refractivity contribution in [3.05, 3.63) is 95.1 Å². The zero-order chi connectivity index (χ0) is 20.9. The molecule has 31 heavy (non-hydrogen) atoms. The first-order valence-corrected chi connectivity index (χ1v) is 10.4. The van der Waals surface area contributed by atoms with Crippen LogP contribution in [0.15, 0.2) is 78.0 Å². The third kappa shape index (κ3) is 2.74.